The van der Waals surface area contributed by atoms with Gasteiger partial charge in [-0.05, 0) is 55.5 Å². The molecule has 134 valence electrons. The van der Waals surface area contributed by atoms with Crippen molar-refractivity contribution in [3.05, 3.63) is 60.4 Å². The Morgan fingerprint density at radius 1 is 0.962 bits per heavy atom. The molecular weight excluding hydrogens is 332 g/mol. The van der Waals surface area contributed by atoms with Crippen LogP contribution < -0.4 is 9.47 Å². The summed E-state index contributed by atoms with van der Waals surface area (Å²) in [6.45, 7) is 2.06. The molecule has 0 unspecified atom stereocenters. The van der Waals surface area contributed by atoms with Crippen molar-refractivity contribution in [1.29, 1.82) is 0 Å². The molecule has 26 heavy (non-hydrogen) atoms. The van der Waals surface area contributed by atoms with Gasteiger partial charge in [-0.2, -0.15) is 0 Å². The first kappa shape index (κ1) is 17.5. The average Bonchev–Trinajstić information content (AvgIpc) is 3.14. The molecule has 0 saturated carbocycles. The topological polar surface area (TPSA) is 62.6 Å². The molecule has 0 aliphatic carbocycles. The molecule has 0 aliphatic heterocycles. The zero-order valence-electron chi connectivity index (χ0n) is 14.9. The van der Waals surface area contributed by atoms with Gasteiger partial charge >= 0.3 is 5.97 Å². The van der Waals surface area contributed by atoms with Crippen molar-refractivity contribution in [2.24, 2.45) is 0 Å². The van der Waals surface area contributed by atoms with Gasteiger partial charge in [0.2, 0.25) is 0 Å². The number of aromatic nitrogens is 2. The van der Waals surface area contributed by atoms with Gasteiger partial charge in [0.1, 0.15) is 17.3 Å². The summed E-state index contributed by atoms with van der Waals surface area (Å²) in [4.78, 5) is 16.6. The van der Waals surface area contributed by atoms with Crippen LogP contribution in [-0.2, 0) is 4.74 Å². The number of esters is 1. The molecular formula is C20H20N2O4. The molecule has 0 atom stereocenters. The molecule has 1 heterocycles. The van der Waals surface area contributed by atoms with E-state index >= 15 is 0 Å². The number of hydrogen-bond donors (Lipinski definition) is 0. The lowest BCUT2D eigenvalue weighted by Crippen LogP contribution is -2.04. The molecule has 3 aromatic rings. The van der Waals surface area contributed by atoms with Gasteiger partial charge in [0.25, 0.3) is 0 Å². The Hall–Kier alpha value is -3.28. The van der Waals surface area contributed by atoms with Crippen LogP contribution in [0.1, 0.15) is 17.4 Å². The van der Waals surface area contributed by atoms with Crippen LogP contribution in [0, 0.1) is 0 Å². The molecule has 6 heteroatoms. The summed E-state index contributed by atoms with van der Waals surface area (Å²) in [5, 5.41) is 0. The van der Waals surface area contributed by atoms with E-state index in [0.717, 1.165) is 22.7 Å². The van der Waals surface area contributed by atoms with E-state index in [1.54, 1.807) is 27.3 Å². The Morgan fingerprint density at radius 2 is 1.54 bits per heavy atom. The molecule has 0 amide bonds. The summed E-state index contributed by atoms with van der Waals surface area (Å²) in [7, 11) is 3.24. The van der Waals surface area contributed by atoms with E-state index < -0.39 is 5.97 Å². The number of hydrogen-bond acceptors (Lipinski definition) is 5. The fourth-order valence-corrected chi connectivity index (χ4v) is 2.57. The lowest BCUT2D eigenvalue weighted by molar-refractivity contribution is 0.0520. The van der Waals surface area contributed by atoms with Gasteiger partial charge in [-0.1, -0.05) is 0 Å². The number of methoxy groups -OCH3 is 2. The Balaban J connectivity index is 2.08. The van der Waals surface area contributed by atoms with E-state index in [-0.39, 0.29) is 5.69 Å². The third-order valence-electron chi connectivity index (χ3n) is 3.89. The highest BCUT2D eigenvalue weighted by Gasteiger charge is 2.17. The van der Waals surface area contributed by atoms with Crippen molar-refractivity contribution in [2.45, 2.75) is 6.92 Å². The molecule has 6 nitrogen and oxygen atoms in total. The molecule has 0 fully saturated rings. The maximum Gasteiger partial charge on any atom is 0.358 e. The number of imidazole rings is 1. The van der Waals surface area contributed by atoms with E-state index in [1.807, 2.05) is 53.1 Å². The lowest BCUT2D eigenvalue weighted by atomic mass is 10.2. The van der Waals surface area contributed by atoms with Crippen molar-refractivity contribution in [1.82, 2.24) is 9.55 Å². The predicted octanol–water partition coefficient (Wildman–Crippen LogP) is 3.73. The van der Waals surface area contributed by atoms with E-state index in [0.29, 0.717) is 12.4 Å². The van der Waals surface area contributed by atoms with Crippen molar-refractivity contribution < 1.29 is 19.0 Å². The molecule has 0 spiro atoms. The third-order valence-corrected chi connectivity index (χ3v) is 3.89. The van der Waals surface area contributed by atoms with Crippen LogP contribution in [0.4, 0.5) is 0 Å². The second-order valence-corrected chi connectivity index (χ2v) is 5.47. The van der Waals surface area contributed by atoms with Gasteiger partial charge in [-0.3, -0.25) is 4.57 Å². The van der Waals surface area contributed by atoms with Crippen molar-refractivity contribution >= 4 is 5.97 Å². The Morgan fingerprint density at radius 3 is 2.08 bits per heavy atom. The lowest BCUT2D eigenvalue weighted by Gasteiger charge is -2.09. The summed E-state index contributed by atoms with van der Waals surface area (Å²) in [5.41, 5.74) is 1.98. The highest BCUT2D eigenvalue weighted by molar-refractivity contribution is 5.88. The summed E-state index contributed by atoms with van der Waals surface area (Å²) >= 11 is 0. The summed E-state index contributed by atoms with van der Waals surface area (Å²) in [6.07, 6.45) is 1.68. The second-order valence-electron chi connectivity index (χ2n) is 5.47. The van der Waals surface area contributed by atoms with Gasteiger partial charge in [0, 0.05) is 17.4 Å². The van der Waals surface area contributed by atoms with E-state index in [1.165, 1.54) is 0 Å². The van der Waals surface area contributed by atoms with Crippen LogP contribution in [0.5, 0.6) is 11.5 Å². The number of rotatable bonds is 6. The quantitative estimate of drug-likeness (QED) is 0.633. The van der Waals surface area contributed by atoms with Crippen LogP contribution >= 0.6 is 0 Å². The van der Waals surface area contributed by atoms with E-state index in [2.05, 4.69) is 4.98 Å². The van der Waals surface area contributed by atoms with Gasteiger partial charge in [0.15, 0.2) is 5.69 Å². The zero-order valence-corrected chi connectivity index (χ0v) is 14.9. The largest absolute Gasteiger partial charge is 0.497 e. The monoisotopic (exact) mass is 352 g/mol. The fourth-order valence-electron chi connectivity index (χ4n) is 2.57. The highest BCUT2D eigenvalue weighted by atomic mass is 16.5. The Kier molecular flexibility index (Phi) is 5.22. The van der Waals surface area contributed by atoms with Gasteiger partial charge in [0.05, 0.1) is 20.8 Å². The Bertz CT molecular complexity index is 818. The molecule has 0 N–H and O–H groups in total. The summed E-state index contributed by atoms with van der Waals surface area (Å²) in [5.74, 6) is 1.70. The Labute approximate surface area is 152 Å². The fraction of sp³-hybridized carbons (Fsp3) is 0.200. The maximum absolute atomic E-state index is 12.1. The molecule has 0 saturated heterocycles. The highest BCUT2D eigenvalue weighted by Crippen LogP contribution is 2.26. The van der Waals surface area contributed by atoms with E-state index in [9.17, 15) is 4.79 Å². The van der Waals surface area contributed by atoms with Gasteiger partial charge in [-0.15, -0.1) is 0 Å². The molecule has 2 aromatic carbocycles. The number of nitrogens with zero attached hydrogens (tertiary/aromatic N) is 2. The summed E-state index contributed by atoms with van der Waals surface area (Å²) in [6, 6.07) is 15.0. The van der Waals surface area contributed by atoms with Crippen molar-refractivity contribution in [3.63, 3.8) is 0 Å². The predicted molar refractivity (Wildman–Crippen MR) is 98.1 cm³/mol. The minimum Gasteiger partial charge on any atom is -0.497 e. The van der Waals surface area contributed by atoms with Gasteiger partial charge < -0.3 is 14.2 Å². The SMILES string of the molecule is CCOC(=O)c1cn(-c2ccc(OC)cc2)c(-c2ccc(OC)cc2)n1. The van der Waals surface area contributed by atoms with Crippen molar-refractivity contribution in [2.75, 3.05) is 20.8 Å². The normalized spacial score (nSPS) is 10.4. The minimum absolute atomic E-state index is 0.258. The summed E-state index contributed by atoms with van der Waals surface area (Å²) < 4.78 is 17.4. The zero-order chi connectivity index (χ0) is 18.5. The van der Waals surface area contributed by atoms with Gasteiger partial charge in [-0.25, -0.2) is 9.78 Å². The van der Waals surface area contributed by atoms with Crippen LogP contribution in [0.25, 0.3) is 17.1 Å². The maximum atomic E-state index is 12.1. The van der Waals surface area contributed by atoms with E-state index in [4.69, 9.17) is 14.2 Å². The molecule has 0 bridgehead atoms. The molecule has 0 aliphatic rings. The number of benzene rings is 2. The number of carbonyl (C=O) groups is 1. The second kappa shape index (κ2) is 7.74. The number of carbonyl (C=O) groups excluding carboxylic acids is 1. The average molecular weight is 352 g/mol. The molecule has 1 aromatic heterocycles. The van der Waals surface area contributed by atoms with Crippen LogP contribution in [0.2, 0.25) is 0 Å². The first-order chi connectivity index (χ1) is 12.7. The number of ether oxygens (including phenoxy) is 3. The minimum atomic E-state index is -0.450. The smallest absolute Gasteiger partial charge is 0.358 e. The third kappa shape index (κ3) is 3.54. The standard InChI is InChI=1S/C20H20N2O4/c1-4-26-20(23)18-13-22(15-7-11-17(25-3)12-8-15)19(21-18)14-5-9-16(24-2)10-6-14/h5-13H,4H2,1-3H3. The first-order valence-corrected chi connectivity index (χ1v) is 8.21. The van der Waals surface area contributed by atoms with Crippen LogP contribution in [-0.4, -0.2) is 36.3 Å². The molecule has 0 radical (unpaired) electrons. The van der Waals surface area contributed by atoms with Crippen molar-refractivity contribution in [3.8, 4) is 28.6 Å². The van der Waals surface area contributed by atoms with Crippen LogP contribution in [0.15, 0.2) is 54.7 Å². The van der Waals surface area contributed by atoms with Crippen LogP contribution in [0.3, 0.4) is 0 Å². The molecule has 3 rings (SSSR count). The first-order valence-electron chi connectivity index (χ1n) is 8.21.